The molecule has 1 aromatic carbocycles. The summed E-state index contributed by atoms with van der Waals surface area (Å²) >= 11 is 0. The molecule has 0 N–H and O–H groups in total. The average Bonchev–Trinajstić information content (AvgIpc) is 2.56. The fourth-order valence-corrected chi connectivity index (χ4v) is 4.42. The predicted molar refractivity (Wildman–Crippen MR) is 96.3 cm³/mol. The van der Waals surface area contributed by atoms with Crippen LogP contribution in [-0.2, 0) is 10.0 Å². The molecule has 0 bridgehead atoms. The van der Waals surface area contributed by atoms with Gasteiger partial charge in [0.05, 0.1) is 0 Å². The summed E-state index contributed by atoms with van der Waals surface area (Å²) in [6.07, 6.45) is 9.07. The van der Waals surface area contributed by atoms with E-state index in [0.29, 0.717) is 0 Å². The molecule has 0 amide bonds. The van der Waals surface area contributed by atoms with E-state index in [0.717, 1.165) is 30.2 Å². The summed E-state index contributed by atoms with van der Waals surface area (Å²) in [6, 6.07) is 9.38. The van der Waals surface area contributed by atoms with Gasteiger partial charge in [-0.15, -0.1) is 0 Å². The molecule has 1 aliphatic rings. The van der Waals surface area contributed by atoms with Crippen LogP contribution in [0.3, 0.4) is 0 Å². The van der Waals surface area contributed by atoms with Crippen LogP contribution in [0.2, 0.25) is 0 Å². The quantitative estimate of drug-likeness (QED) is 0.733. The predicted octanol–water partition coefficient (Wildman–Crippen LogP) is 4.58. The number of sulfonamides is 1. The van der Waals surface area contributed by atoms with Gasteiger partial charge in [-0.05, 0) is 38.7 Å². The van der Waals surface area contributed by atoms with Crippen molar-refractivity contribution in [2.75, 3.05) is 0 Å². The van der Waals surface area contributed by atoms with E-state index in [4.69, 9.17) is 0 Å². The molecule has 1 aromatic rings. The minimum Gasteiger partial charge on any atom is -0.207 e. The number of rotatable bonds is 7. The van der Waals surface area contributed by atoms with Gasteiger partial charge in [0.25, 0.3) is 0 Å². The molecular formula is C19H25NO2S. The van der Waals surface area contributed by atoms with Crippen molar-refractivity contribution in [1.82, 2.24) is 4.31 Å². The topological polar surface area (TPSA) is 37.4 Å². The number of benzene rings is 1. The van der Waals surface area contributed by atoms with Gasteiger partial charge in [0, 0.05) is 17.5 Å². The molecule has 0 heterocycles. The number of hydrogen-bond donors (Lipinski definition) is 0. The Kier molecular flexibility index (Phi) is 5.97. The minimum atomic E-state index is -3.51. The van der Waals surface area contributed by atoms with Crippen molar-refractivity contribution >= 4 is 10.0 Å². The van der Waals surface area contributed by atoms with Crippen LogP contribution in [-0.4, -0.2) is 18.8 Å². The lowest BCUT2D eigenvalue weighted by Crippen LogP contribution is -2.39. The van der Waals surface area contributed by atoms with Gasteiger partial charge in [-0.25, -0.2) is 8.42 Å². The van der Waals surface area contributed by atoms with Crippen molar-refractivity contribution in [3.8, 4) is 0 Å². The third-order valence-electron chi connectivity index (χ3n) is 4.26. The lowest BCUT2D eigenvalue weighted by molar-refractivity contribution is 0.277. The summed E-state index contributed by atoms with van der Waals surface area (Å²) in [5.41, 5.74) is 2.28. The van der Waals surface area contributed by atoms with Crippen LogP contribution < -0.4 is 0 Å². The van der Waals surface area contributed by atoms with E-state index in [1.807, 2.05) is 44.2 Å². The van der Waals surface area contributed by atoms with Gasteiger partial charge >= 0.3 is 0 Å². The molecule has 0 saturated carbocycles. The first-order valence-corrected chi connectivity index (χ1v) is 9.51. The Labute approximate surface area is 140 Å². The Bertz CT molecular complexity index is 689. The summed E-state index contributed by atoms with van der Waals surface area (Å²) < 4.78 is 26.7. The normalized spacial score (nSPS) is 17.6. The smallest absolute Gasteiger partial charge is 0.207 e. The first-order chi connectivity index (χ1) is 11.0. The van der Waals surface area contributed by atoms with E-state index < -0.39 is 10.0 Å². The first kappa shape index (κ1) is 17.7. The van der Waals surface area contributed by atoms with Crippen LogP contribution in [0.15, 0.2) is 66.1 Å². The molecule has 4 heteroatoms. The second-order valence-corrected chi connectivity index (χ2v) is 7.76. The minimum absolute atomic E-state index is 0.119. The monoisotopic (exact) mass is 331 g/mol. The molecule has 0 unspecified atom stereocenters. The summed E-state index contributed by atoms with van der Waals surface area (Å²) in [5, 5.41) is 1.05. The van der Waals surface area contributed by atoms with Crippen molar-refractivity contribution in [2.45, 2.75) is 45.2 Å². The number of allylic oxidation sites excluding steroid dienone is 3. The van der Waals surface area contributed by atoms with Crippen molar-refractivity contribution < 1.29 is 8.42 Å². The third kappa shape index (κ3) is 4.43. The molecular weight excluding hydrogens is 306 g/mol. The van der Waals surface area contributed by atoms with Crippen molar-refractivity contribution in [1.29, 1.82) is 0 Å². The van der Waals surface area contributed by atoms with Gasteiger partial charge in [-0.3, -0.25) is 0 Å². The largest absolute Gasteiger partial charge is 0.236 e. The van der Waals surface area contributed by atoms with Crippen molar-refractivity contribution in [3.05, 3.63) is 71.7 Å². The van der Waals surface area contributed by atoms with Gasteiger partial charge < -0.3 is 0 Å². The standard InChI is InChI=1S/C19H25NO2S/c1-4-23(21,22)20(17(3)19-13-9-6-10-14-19)16(2)15-18-11-7-5-8-12-18/h4-7,9-11,13-14,16-17H,1,8,12,15H2,2-3H3/t16-,17-/m0/s1. The van der Waals surface area contributed by atoms with E-state index in [1.165, 1.54) is 5.57 Å². The van der Waals surface area contributed by atoms with Gasteiger partial charge in [0.2, 0.25) is 10.0 Å². The fourth-order valence-electron chi connectivity index (χ4n) is 3.11. The van der Waals surface area contributed by atoms with Crippen LogP contribution in [0.4, 0.5) is 0 Å². The van der Waals surface area contributed by atoms with E-state index in [2.05, 4.69) is 24.8 Å². The molecule has 124 valence electrons. The SMILES string of the molecule is C=CS(=O)(=O)N([C@@H](C)CC1=CC=CCC1)[C@@H](C)c1ccccc1. The van der Waals surface area contributed by atoms with Gasteiger partial charge in [-0.1, -0.05) is 60.7 Å². The molecule has 0 saturated heterocycles. The van der Waals surface area contributed by atoms with E-state index in [9.17, 15) is 8.42 Å². The molecule has 0 spiro atoms. The second-order valence-electron chi connectivity index (χ2n) is 5.97. The Morgan fingerprint density at radius 1 is 1.26 bits per heavy atom. The molecule has 2 rings (SSSR count). The maximum Gasteiger partial charge on any atom is 0.236 e. The van der Waals surface area contributed by atoms with Crippen LogP contribution in [0.5, 0.6) is 0 Å². The molecule has 2 atom stereocenters. The highest BCUT2D eigenvalue weighted by Gasteiger charge is 2.31. The summed E-state index contributed by atoms with van der Waals surface area (Å²) in [7, 11) is -3.51. The maximum atomic E-state index is 12.6. The van der Waals surface area contributed by atoms with Crippen LogP contribution in [0.1, 0.15) is 44.7 Å². The van der Waals surface area contributed by atoms with Gasteiger partial charge in [0.15, 0.2) is 0 Å². The Morgan fingerprint density at radius 3 is 2.52 bits per heavy atom. The van der Waals surface area contributed by atoms with E-state index in [-0.39, 0.29) is 12.1 Å². The molecule has 0 radical (unpaired) electrons. The second kappa shape index (κ2) is 7.75. The van der Waals surface area contributed by atoms with Crippen LogP contribution in [0.25, 0.3) is 0 Å². The molecule has 23 heavy (non-hydrogen) atoms. The van der Waals surface area contributed by atoms with Crippen molar-refractivity contribution in [3.63, 3.8) is 0 Å². The zero-order chi connectivity index (χ0) is 16.9. The Hall–Kier alpha value is -1.65. The zero-order valence-electron chi connectivity index (χ0n) is 13.9. The van der Waals surface area contributed by atoms with E-state index in [1.54, 1.807) is 4.31 Å². The van der Waals surface area contributed by atoms with Crippen LogP contribution >= 0.6 is 0 Å². The van der Waals surface area contributed by atoms with Gasteiger partial charge in [0.1, 0.15) is 0 Å². The third-order valence-corrected chi connectivity index (χ3v) is 5.95. The molecule has 1 aliphatic carbocycles. The molecule has 0 aliphatic heterocycles. The number of nitrogens with zero attached hydrogens (tertiary/aromatic N) is 1. The Morgan fingerprint density at radius 2 is 1.96 bits per heavy atom. The maximum absolute atomic E-state index is 12.6. The first-order valence-electron chi connectivity index (χ1n) is 8.01. The Balaban J connectivity index is 2.29. The molecule has 0 aromatic heterocycles. The molecule has 3 nitrogen and oxygen atoms in total. The van der Waals surface area contributed by atoms with Crippen molar-refractivity contribution in [2.24, 2.45) is 0 Å². The zero-order valence-corrected chi connectivity index (χ0v) is 14.7. The highest BCUT2D eigenvalue weighted by Crippen LogP contribution is 2.30. The fraction of sp³-hybridized carbons (Fsp3) is 0.368. The lowest BCUT2D eigenvalue weighted by Gasteiger charge is -2.33. The summed E-state index contributed by atoms with van der Waals surface area (Å²) in [5.74, 6) is 0. The van der Waals surface area contributed by atoms with E-state index >= 15 is 0 Å². The lowest BCUT2D eigenvalue weighted by atomic mass is 9.98. The van der Waals surface area contributed by atoms with Gasteiger partial charge in [-0.2, -0.15) is 4.31 Å². The number of hydrogen-bond acceptors (Lipinski definition) is 2. The van der Waals surface area contributed by atoms with Crippen LogP contribution in [0, 0.1) is 0 Å². The average molecular weight is 331 g/mol. The highest BCUT2D eigenvalue weighted by atomic mass is 32.2. The summed E-state index contributed by atoms with van der Waals surface area (Å²) in [6.45, 7) is 7.41. The highest BCUT2D eigenvalue weighted by molar-refractivity contribution is 7.92. The summed E-state index contributed by atoms with van der Waals surface area (Å²) in [4.78, 5) is 0. The molecule has 0 fully saturated rings.